The lowest BCUT2D eigenvalue weighted by atomic mass is 10.0. The van der Waals surface area contributed by atoms with E-state index in [-0.39, 0.29) is 0 Å². The van der Waals surface area contributed by atoms with Gasteiger partial charge in [0, 0.05) is 25.1 Å². The summed E-state index contributed by atoms with van der Waals surface area (Å²) in [6, 6.07) is 2.38. The van der Waals surface area contributed by atoms with E-state index in [4.69, 9.17) is 4.74 Å². The zero-order valence-corrected chi connectivity index (χ0v) is 11.8. The van der Waals surface area contributed by atoms with Crippen molar-refractivity contribution in [2.75, 3.05) is 11.9 Å². The molecule has 4 nitrogen and oxygen atoms in total. The van der Waals surface area contributed by atoms with Crippen LogP contribution in [0, 0.1) is 0 Å². The Morgan fingerprint density at radius 3 is 3.06 bits per heavy atom. The molecule has 1 aromatic rings. The maximum absolute atomic E-state index is 5.53. The van der Waals surface area contributed by atoms with Crippen LogP contribution in [0.25, 0.3) is 0 Å². The highest BCUT2D eigenvalue weighted by atomic mass is 79.9. The van der Waals surface area contributed by atoms with Gasteiger partial charge in [-0.1, -0.05) is 6.92 Å². The van der Waals surface area contributed by atoms with Crippen LogP contribution < -0.4 is 5.32 Å². The van der Waals surface area contributed by atoms with E-state index in [1.165, 1.54) is 0 Å². The molecule has 1 aliphatic rings. The number of hydrogen-bond donors (Lipinski definition) is 1. The Labute approximate surface area is 110 Å². The second kappa shape index (κ2) is 5.78. The Kier molecular flexibility index (Phi) is 4.34. The molecular formula is C12H18BrN3O. The Morgan fingerprint density at radius 1 is 1.53 bits per heavy atom. The summed E-state index contributed by atoms with van der Waals surface area (Å²) in [7, 11) is 0. The molecule has 0 radical (unpaired) electrons. The highest BCUT2D eigenvalue weighted by Gasteiger charge is 2.19. The van der Waals surface area contributed by atoms with Gasteiger partial charge in [-0.2, -0.15) is 0 Å². The average Bonchev–Trinajstić information content (AvgIpc) is 2.28. The van der Waals surface area contributed by atoms with Gasteiger partial charge in [0.05, 0.1) is 6.10 Å². The molecule has 0 aromatic carbocycles. The summed E-state index contributed by atoms with van der Waals surface area (Å²) in [6.45, 7) is 5.00. The first-order chi connectivity index (χ1) is 8.17. The van der Waals surface area contributed by atoms with Crippen LogP contribution in [0.3, 0.4) is 0 Å². The molecule has 2 atom stereocenters. The molecule has 1 fully saturated rings. The van der Waals surface area contributed by atoms with E-state index in [0.29, 0.717) is 12.1 Å². The topological polar surface area (TPSA) is 47.0 Å². The van der Waals surface area contributed by atoms with E-state index in [2.05, 4.69) is 45.1 Å². The monoisotopic (exact) mass is 299 g/mol. The van der Waals surface area contributed by atoms with Crippen LogP contribution in [0.2, 0.25) is 0 Å². The van der Waals surface area contributed by atoms with Crippen LogP contribution in [0.1, 0.15) is 32.5 Å². The molecule has 0 spiro atoms. The summed E-state index contributed by atoms with van der Waals surface area (Å²) in [4.78, 5) is 8.78. The number of anilines is 1. The average molecular weight is 300 g/mol. The first-order valence-electron chi connectivity index (χ1n) is 6.09. The minimum Gasteiger partial charge on any atom is -0.378 e. The predicted octanol–water partition coefficient (Wildman–Crippen LogP) is 2.78. The van der Waals surface area contributed by atoms with Gasteiger partial charge in [0.25, 0.3) is 0 Å². The third-order valence-electron chi connectivity index (χ3n) is 2.89. The van der Waals surface area contributed by atoms with Gasteiger partial charge in [-0.25, -0.2) is 9.97 Å². The number of ether oxygens (including phenoxy) is 1. The lowest BCUT2D eigenvalue weighted by molar-refractivity contribution is 0.0232. The van der Waals surface area contributed by atoms with Crippen LogP contribution in [0.4, 0.5) is 5.82 Å². The summed E-state index contributed by atoms with van der Waals surface area (Å²) in [5.74, 6) is 1.77. The summed E-state index contributed by atoms with van der Waals surface area (Å²) < 4.78 is 6.37. The summed E-state index contributed by atoms with van der Waals surface area (Å²) in [5.41, 5.74) is 0. The van der Waals surface area contributed by atoms with Gasteiger partial charge in [0.2, 0.25) is 0 Å². The first-order valence-corrected chi connectivity index (χ1v) is 6.88. The van der Waals surface area contributed by atoms with Crippen molar-refractivity contribution in [3.8, 4) is 0 Å². The summed E-state index contributed by atoms with van der Waals surface area (Å²) in [6.07, 6.45) is 3.24. The lowest BCUT2D eigenvalue weighted by Gasteiger charge is -2.28. The van der Waals surface area contributed by atoms with Gasteiger partial charge in [-0.3, -0.25) is 0 Å². The highest BCUT2D eigenvalue weighted by Crippen LogP contribution is 2.19. The molecular weight excluding hydrogens is 282 g/mol. The first kappa shape index (κ1) is 12.8. The van der Waals surface area contributed by atoms with Crippen LogP contribution >= 0.6 is 15.9 Å². The molecule has 2 unspecified atom stereocenters. The number of halogens is 1. The number of rotatable bonds is 3. The fourth-order valence-corrected chi connectivity index (χ4v) is 2.46. The van der Waals surface area contributed by atoms with E-state index in [1.54, 1.807) is 0 Å². The minimum atomic E-state index is 0.331. The number of nitrogens with zero attached hydrogens (tertiary/aromatic N) is 2. The van der Waals surface area contributed by atoms with E-state index >= 15 is 0 Å². The predicted molar refractivity (Wildman–Crippen MR) is 71.2 cm³/mol. The second-order valence-corrected chi connectivity index (χ2v) is 5.21. The van der Waals surface area contributed by atoms with Gasteiger partial charge in [-0.15, -0.1) is 0 Å². The van der Waals surface area contributed by atoms with E-state index in [0.717, 1.165) is 42.1 Å². The molecule has 1 saturated heterocycles. The Bertz CT molecular complexity index is 386. The van der Waals surface area contributed by atoms with Crippen LogP contribution in [0.15, 0.2) is 10.7 Å². The van der Waals surface area contributed by atoms with Crippen molar-refractivity contribution in [3.63, 3.8) is 0 Å². The van der Waals surface area contributed by atoms with Crippen molar-refractivity contribution in [2.24, 2.45) is 0 Å². The van der Waals surface area contributed by atoms with Crippen LogP contribution in [-0.2, 0) is 11.2 Å². The number of hydrogen-bond acceptors (Lipinski definition) is 4. The molecule has 0 saturated carbocycles. The van der Waals surface area contributed by atoms with E-state index in [1.807, 2.05) is 6.07 Å². The molecule has 1 aromatic heterocycles. The van der Waals surface area contributed by atoms with Crippen molar-refractivity contribution in [2.45, 2.75) is 45.3 Å². The Hall–Kier alpha value is -0.680. The Morgan fingerprint density at radius 2 is 2.35 bits per heavy atom. The molecule has 17 heavy (non-hydrogen) atoms. The van der Waals surface area contributed by atoms with Gasteiger partial charge < -0.3 is 10.1 Å². The van der Waals surface area contributed by atoms with Crippen molar-refractivity contribution < 1.29 is 4.74 Å². The smallest absolute Gasteiger partial charge is 0.131 e. The van der Waals surface area contributed by atoms with Gasteiger partial charge in [0.15, 0.2) is 0 Å². The lowest BCUT2D eigenvalue weighted by Crippen LogP contribution is -2.32. The third-order valence-corrected chi connectivity index (χ3v) is 3.30. The summed E-state index contributed by atoms with van der Waals surface area (Å²) >= 11 is 3.41. The van der Waals surface area contributed by atoms with E-state index in [9.17, 15) is 0 Å². The molecule has 2 rings (SSSR count). The number of nitrogens with one attached hydrogen (secondary N) is 1. The third kappa shape index (κ3) is 3.64. The normalized spacial score (nSPS) is 24.6. The van der Waals surface area contributed by atoms with Crippen molar-refractivity contribution >= 4 is 21.7 Å². The van der Waals surface area contributed by atoms with Crippen LogP contribution in [-0.4, -0.2) is 28.7 Å². The molecule has 0 bridgehead atoms. The molecule has 1 N–H and O–H groups in total. The highest BCUT2D eigenvalue weighted by molar-refractivity contribution is 9.10. The molecule has 94 valence electrons. The molecule has 2 heterocycles. The zero-order valence-electron chi connectivity index (χ0n) is 10.2. The van der Waals surface area contributed by atoms with Crippen molar-refractivity contribution in [1.29, 1.82) is 0 Å². The van der Waals surface area contributed by atoms with E-state index < -0.39 is 0 Å². The number of aryl methyl sites for hydroxylation is 1. The second-order valence-electron chi connectivity index (χ2n) is 4.39. The molecule has 1 aliphatic heterocycles. The largest absolute Gasteiger partial charge is 0.378 e. The van der Waals surface area contributed by atoms with Crippen molar-refractivity contribution in [3.05, 3.63) is 16.5 Å². The minimum absolute atomic E-state index is 0.331. The SMILES string of the molecule is CCc1nc(Br)cc(NC2CCOC(C)C2)n1. The molecule has 0 amide bonds. The number of aromatic nitrogens is 2. The zero-order chi connectivity index (χ0) is 12.3. The standard InChI is InChI=1S/C12H18BrN3O/c1-3-11-15-10(13)7-12(16-11)14-9-4-5-17-8(2)6-9/h7-9H,3-6H2,1-2H3,(H,14,15,16). The molecule has 5 heteroatoms. The Balaban J connectivity index is 2.04. The quantitative estimate of drug-likeness (QED) is 0.872. The maximum Gasteiger partial charge on any atom is 0.131 e. The fourth-order valence-electron chi connectivity index (χ4n) is 2.04. The molecule has 0 aliphatic carbocycles. The van der Waals surface area contributed by atoms with Gasteiger partial charge in [0.1, 0.15) is 16.2 Å². The summed E-state index contributed by atoms with van der Waals surface area (Å²) in [5, 5.41) is 3.47. The van der Waals surface area contributed by atoms with Crippen LogP contribution in [0.5, 0.6) is 0 Å². The van der Waals surface area contributed by atoms with Gasteiger partial charge >= 0.3 is 0 Å². The van der Waals surface area contributed by atoms with Gasteiger partial charge in [-0.05, 0) is 35.7 Å². The maximum atomic E-state index is 5.53. The fraction of sp³-hybridized carbons (Fsp3) is 0.667. The van der Waals surface area contributed by atoms with Crippen molar-refractivity contribution in [1.82, 2.24) is 9.97 Å².